The van der Waals surface area contributed by atoms with Crippen molar-refractivity contribution in [2.75, 3.05) is 20.2 Å². The minimum absolute atomic E-state index is 0. The predicted molar refractivity (Wildman–Crippen MR) is 97.6 cm³/mol. The number of benzene rings is 2. The molecule has 0 fully saturated rings. The first-order valence-electron chi connectivity index (χ1n) is 7.32. The fourth-order valence-electron chi connectivity index (χ4n) is 2.42. The molecule has 3 rings (SSSR count). The molecule has 7 heteroatoms. The summed E-state index contributed by atoms with van der Waals surface area (Å²) in [4.78, 5) is 0.252. The van der Waals surface area contributed by atoms with Gasteiger partial charge in [0.1, 0.15) is 17.9 Å². The summed E-state index contributed by atoms with van der Waals surface area (Å²) in [6.07, 6.45) is 1.57. The molecule has 5 nitrogen and oxygen atoms in total. The Labute approximate surface area is 147 Å². The number of halogens is 1. The summed E-state index contributed by atoms with van der Waals surface area (Å²) in [5.74, 6) is 0.558. The zero-order valence-electron chi connectivity index (χ0n) is 13.2. The van der Waals surface area contributed by atoms with Gasteiger partial charge in [-0.3, -0.25) is 0 Å². The average molecular weight is 367 g/mol. The number of rotatable bonds is 6. The summed E-state index contributed by atoms with van der Waals surface area (Å²) in [7, 11) is -1.81. The van der Waals surface area contributed by atoms with Gasteiger partial charge in [-0.2, -0.15) is 0 Å². The highest BCUT2D eigenvalue weighted by Gasteiger charge is 2.20. The maximum atomic E-state index is 12.9. The van der Waals surface area contributed by atoms with Crippen molar-refractivity contribution in [2.24, 2.45) is 0 Å². The van der Waals surface area contributed by atoms with Crippen LogP contribution in [0.2, 0.25) is 0 Å². The molecule has 0 aliphatic rings. The summed E-state index contributed by atoms with van der Waals surface area (Å²) < 4.78 is 32.8. The zero-order chi connectivity index (χ0) is 16.3. The first-order chi connectivity index (χ1) is 11.1. The lowest BCUT2D eigenvalue weighted by Crippen LogP contribution is -2.17. The lowest BCUT2D eigenvalue weighted by atomic mass is 10.2. The number of aromatic nitrogens is 1. The molecule has 1 aromatic heterocycles. The van der Waals surface area contributed by atoms with Crippen LogP contribution in [-0.2, 0) is 10.0 Å². The Morgan fingerprint density at radius 2 is 1.79 bits per heavy atom. The first kappa shape index (κ1) is 18.3. The molecule has 0 unspecified atom stereocenters. The predicted octanol–water partition coefficient (Wildman–Crippen LogP) is 2.90. The molecule has 0 aliphatic heterocycles. The molecule has 0 aliphatic carbocycles. The molecule has 3 aromatic rings. The molecule has 0 bridgehead atoms. The van der Waals surface area contributed by atoms with Gasteiger partial charge in [-0.15, -0.1) is 12.4 Å². The monoisotopic (exact) mass is 366 g/mol. The van der Waals surface area contributed by atoms with Crippen molar-refractivity contribution < 1.29 is 13.2 Å². The van der Waals surface area contributed by atoms with Crippen molar-refractivity contribution in [1.29, 1.82) is 0 Å². The number of para-hydroxylation sites is 1. The molecule has 0 amide bonds. The first-order valence-corrected chi connectivity index (χ1v) is 8.76. The molecule has 24 heavy (non-hydrogen) atoms. The lowest BCUT2D eigenvalue weighted by molar-refractivity contribution is 0.321. The van der Waals surface area contributed by atoms with E-state index in [1.165, 1.54) is 3.97 Å². The molecule has 1 N–H and O–H groups in total. The molecule has 0 atom stereocenters. The van der Waals surface area contributed by atoms with Crippen LogP contribution in [0.15, 0.2) is 65.7 Å². The highest BCUT2D eigenvalue weighted by Crippen LogP contribution is 2.29. The van der Waals surface area contributed by atoms with Crippen LogP contribution in [-0.4, -0.2) is 32.6 Å². The third kappa shape index (κ3) is 3.40. The van der Waals surface area contributed by atoms with Crippen molar-refractivity contribution in [1.82, 2.24) is 9.29 Å². The zero-order valence-corrected chi connectivity index (χ0v) is 14.8. The Bertz CT molecular complexity index is 908. The van der Waals surface area contributed by atoms with Gasteiger partial charge in [-0.1, -0.05) is 30.3 Å². The van der Waals surface area contributed by atoms with Gasteiger partial charge >= 0.3 is 0 Å². The summed E-state index contributed by atoms with van der Waals surface area (Å²) in [6.45, 7) is 1.15. The Balaban J connectivity index is 0.00000208. The normalized spacial score (nSPS) is 11.2. The maximum Gasteiger partial charge on any atom is 0.268 e. The minimum atomic E-state index is -3.65. The van der Waals surface area contributed by atoms with E-state index in [4.69, 9.17) is 4.74 Å². The molecule has 128 valence electrons. The van der Waals surface area contributed by atoms with Gasteiger partial charge in [0.2, 0.25) is 0 Å². The standard InChI is InChI=1S/C17H18N2O3S.ClH/c1-18-11-13-22-16-9-5-6-14-10-12-19(17(14)16)23(20,21)15-7-3-2-4-8-15;/h2-10,12,18H,11,13H2,1H3;1H. The average Bonchev–Trinajstić information content (AvgIpc) is 3.02. The number of hydrogen-bond donors (Lipinski definition) is 1. The van der Waals surface area contributed by atoms with E-state index in [0.717, 1.165) is 5.39 Å². The Morgan fingerprint density at radius 1 is 1.04 bits per heavy atom. The molecular weight excluding hydrogens is 348 g/mol. The number of nitrogens with one attached hydrogen (secondary N) is 1. The molecule has 2 aromatic carbocycles. The fraction of sp³-hybridized carbons (Fsp3) is 0.176. The second-order valence-electron chi connectivity index (χ2n) is 5.08. The highest BCUT2D eigenvalue weighted by atomic mass is 35.5. The Morgan fingerprint density at radius 3 is 2.50 bits per heavy atom. The number of nitrogens with zero attached hydrogens (tertiary/aromatic N) is 1. The van der Waals surface area contributed by atoms with Crippen LogP contribution in [0.1, 0.15) is 0 Å². The van der Waals surface area contributed by atoms with E-state index < -0.39 is 10.0 Å². The van der Waals surface area contributed by atoms with E-state index in [-0.39, 0.29) is 17.3 Å². The van der Waals surface area contributed by atoms with E-state index in [9.17, 15) is 8.42 Å². The number of fused-ring (bicyclic) bond motifs is 1. The second-order valence-corrected chi connectivity index (χ2v) is 6.89. The van der Waals surface area contributed by atoms with Crippen molar-refractivity contribution in [3.8, 4) is 5.75 Å². The number of hydrogen-bond acceptors (Lipinski definition) is 4. The van der Waals surface area contributed by atoms with Crippen LogP contribution in [0.4, 0.5) is 0 Å². The van der Waals surface area contributed by atoms with Crippen LogP contribution >= 0.6 is 12.4 Å². The molecular formula is C17H19ClN2O3S. The van der Waals surface area contributed by atoms with E-state index >= 15 is 0 Å². The van der Waals surface area contributed by atoms with E-state index in [0.29, 0.717) is 24.4 Å². The molecule has 0 saturated heterocycles. The molecule has 0 radical (unpaired) electrons. The van der Waals surface area contributed by atoms with Crippen LogP contribution < -0.4 is 10.1 Å². The van der Waals surface area contributed by atoms with Gasteiger partial charge in [0, 0.05) is 18.1 Å². The van der Waals surface area contributed by atoms with Crippen molar-refractivity contribution in [3.05, 3.63) is 60.8 Å². The van der Waals surface area contributed by atoms with E-state index in [1.54, 1.807) is 48.7 Å². The summed E-state index contributed by atoms with van der Waals surface area (Å²) >= 11 is 0. The Kier molecular flexibility index (Phi) is 5.88. The smallest absolute Gasteiger partial charge is 0.268 e. The Hall–Kier alpha value is -2.02. The molecule has 1 heterocycles. The lowest BCUT2D eigenvalue weighted by Gasteiger charge is -2.12. The van der Waals surface area contributed by atoms with Crippen molar-refractivity contribution in [2.45, 2.75) is 4.90 Å². The third-order valence-corrected chi connectivity index (χ3v) is 5.24. The number of ether oxygens (including phenoxy) is 1. The van der Waals surface area contributed by atoms with Gasteiger partial charge in [0.05, 0.1) is 4.90 Å². The SMILES string of the molecule is CNCCOc1cccc2ccn(S(=O)(=O)c3ccccc3)c12.Cl. The van der Waals surface area contributed by atoms with Gasteiger partial charge in [0.15, 0.2) is 0 Å². The fourth-order valence-corrected chi connectivity index (χ4v) is 3.80. The summed E-state index contributed by atoms with van der Waals surface area (Å²) in [5.41, 5.74) is 0.562. The molecule has 0 saturated carbocycles. The van der Waals surface area contributed by atoms with Crippen molar-refractivity contribution in [3.63, 3.8) is 0 Å². The number of likely N-dealkylation sites (N-methyl/N-ethyl adjacent to an activating group) is 1. The van der Waals surface area contributed by atoms with Crippen LogP contribution in [0.5, 0.6) is 5.75 Å². The van der Waals surface area contributed by atoms with Gasteiger partial charge in [0.25, 0.3) is 10.0 Å². The van der Waals surface area contributed by atoms with Crippen molar-refractivity contribution >= 4 is 33.3 Å². The maximum absolute atomic E-state index is 12.9. The van der Waals surface area contributed by atoms with Crippen LogP contribution in [0.3, 0.4) is 0 Å². The minimum Gasteiger partial charge on any atom is -0.490 e. The summed E-state index contributed by atoms with van der Waals surface area (Å²) in [5, 5.41) is 3.83. The van der Waals surface area contributed by atoms with Gasteiger partial charge in [-0.25, -0.2) is 12.4 Å². The quantitative estimate of drug-likeness (QED) is 0.681. The third-order valence-electron chi connectivity index (χ3n) is 3.55. The van der Waals surface area contributed by atoms with Crippen LogP contribution in [0, 0.1) is 0 Å². The van der Waals surface area contributed by atoms with E-state index in [2.05, 4.69) is 5.32 Å². The van der Waals surface area contributed by atoms with Crippen LogP contribution in [0.25, 0.3) is 10.9 Å². The topological polar surface area (TPSA) is 60.3 Å². The van der Waals surface area contributed by atoms with Gasteiger partial charge < -0.3 is 10.1 Å². The largest absolute Gasteiger partial charge is 0.490 e. The van der Waals surface area contributed by atoms with Gasteiger partial charge in [-0.05, 0) is 31.3 Å². The molecule has 0 spiro atoms. The summed E-state index contributed by atoms with van der Waals surface area (Å²) in [6, 6.07) is 15.7. The second kappa shape index (κ2) is 7.70. The van der Waals surface area contributed by atoms with E-state index in [1.807, 2.05) is 19.2 Å². The highest BCUT2D eigenvalue weighted by molar-refractivity contribution is 7.90.